The summed E-state index contributed by atoms with van der Waals surface area (Å²) in [7, 11) is 0. The van der Waals surface area contributed by atoms with E-state index in [9.17, 15) is 4.79 Å². The molecule has 0 unspecified atom stereocenters. The van der Waals surface area contributed by atoms with E-state index in [0.29, 0.717) is 11.7 Å². The predicted molar refractivity (Wildman–Crippen MR) is 123 cm³/mol. The first kappa shape index (κ1) is 24.6. The van der Waals surface area contributed by atoms with Crippen molar-refractivity contribution in [2.24, 2.45) is 0 Å². The van der Waals surface area contributed by atoms with Crippen molar-refractivity contribution in [2.45, 2.75) is 39.3 Å². The molecule has 1 aromatic heterocycles. The van der Waals surface area contributed by atoms with Crippen LogP contribution in [0.4, 0.5) is 0 Å². The van der Waals surface area contributed by atoms with Gasteiger partial charge in [-0.2, -0.15) is 0 Å². The highest BCUT2D eigenvalue weighted by atomic mass is 35.5. The van der Waals surface area contributed by atoms with Crippen LogP contribution in [0.5, 0.6) is 0 Å². The summed E-state index contributed by atoms with van der Waals surface area (Å²) in [5, 5.41) is 11.9. The number of amides is 1. The van der Waals surface area contributed by atoms with Crippen molar-refractivity contribution in [1.82, 2.24) is 30.1 Å². The maximum atomic E-state index is 13.0. The molecule has 30 heavy (non-hydrogen) atoms. The normalized spacial score (nSPS) is 17.9. The zero-order chi connectivity index (χ0) is 19.5. The quantitative estimate of drug-likeness (QED) is 0.768. The number of aryl methyl sites for hydroxylation is 1. The molecule has 1 aromatic carbocycles. The van der Waals surface area contributed by atoms with Crippen molar-refractivity contribution in [3.8, 4) is 0 Å². The molecular formula is C21H32Cl2N6O. The molecule has 4 rings (SSSR count). The number of piperidine rings is 1. The second-order valence-electron chi connectivity index (χ2n) is 8.01. The zero-order valence-corrected chi connectivity index (χ0v) is 19.3. The summed E-state index contributed by atoms with van der Waals surface area (Å²) >= 11 is 0. The molecule has 166 valence electrons. The van der Waals surface area contributed by atoms with Crippen LogP contribution in [0.15, 0.2) is 24.3 Å². The largest absolute Gasteiger partial charge is 0.335 e. The molecule has 1 amide bonds. The number of aromatic nitrogens is 3. The molecular weight excluding hydrogens is 423 g/mol. The molecule has 2 aliphatic heterocycles. The lowest BCUT2D eigenvalue weighted by atomic mass is 10.1. The van der Waals surface area contributed by atoms with E-state index in [0.717, 1.165) is 64.3 Å². The SMILES string of the molecule is Cc1cccc(CN2CCN(C(=O)c3nnn(C4CCNCC4)c3C)CC2)c1.Cl.Cl. The van der Waals surface area contributed by atoms with Crippen molar-refractivity contribution in [1.29, 1.82) is 0 Å². The van der Waals surface area contributed by atoms with E-state index in [1.54, 1.807) is 0 Å². The number of rotatable bonds is 4. The van der Waals surface area contributed by atoms with Crippen molar-refractivity contribution < 1.29 is 4.79 Å². The van der Waals surface area contributed by atoms with Gasteiger partial charge in [0.25, 0.3) is 5.91 Å². The molecule has 2 saturated heterocycles. The number of hydrogen-bond acceptors (Lipinski definition) is 5. The molecule has 9 heteroatoms. The van der Waals surface area contributed by atoms with Gasteiger partial charge in [0.2, 0.25) is 0 Å². The van der Waals surface area contributed by atoms with Crippen molar-refractivity contribution in [2.75, 3.05) is 39.3 Å². The van der Waals surface area contributed by atoms with Gasteiger partial charge in [0, 0.05) is 32.7 Å². The zero-order valence-electron chi connectivity index (χ0n) is 17.7. The number of benzene rings is 1. The van der Waals surface area contributed by atoms with Gasteiger partial charge in [0.05, 0.1) is 11.7 Å². The molecule has 0 atom stereocenters. The Morgan fingerprint density at radius 3 is 2.47 bits per heavy atom. The first-order chi connectivity index (χ1) is 13.6. The van der Waals surface area contributed by atoms with E-state index in [1.807, 2.05) is 16.5 Å². The van der Waals surface area contributed by atoms with E-state index in [2.05, 4.69) is 51.7 Å². The van der Waals surface area contributed by atoms with Gasteiger partial charge in [-0.3, -0.25) is 9.69 Å². The molecule has 0 aliphatic carbocycles. The summed E-state index contributed by atoms with van der Waals surface area (Å²) in [6.45, 7) is 10.3. The molecule has 7 nitrogen and oxygen atoms in total. The maximum absolute atomic E-state index is 13.0. The highest BCUT2D eigenvalue weighted by Crippen LogP contribution is 2.21. The number of nitrogens with one attached hydrogen (secondary N) is 1. The Hall–Kier alpha value is -1.67. The second kappa shape index (κ2) is 11.1. The molecule has 2 fully saturated rings. The smallest absolute Gasteiger partial charge is 0.276 e. The number of halogens is 2. The summed E-state index contributed by atoms with van der Waals surface area (Å²) in [5.74, 6) is 0.0212. The van der Waals surface area contributed by atoms with Crippen molar-refractivity contribution in [3.63, 3.8) is 0 Å². The maximum Gasteiger partial charge on any atom is 0.276 e. The van der Waals surface area contributed by atoms with E-state index in [4.69, 9.17) is 0 Å². The summed E-state index contributed by atoms with van der Waals surface area (Å²) in [4.78, 5) is 17.3. The van der Waals surface area contributed by atoms with Gasteiger partial charge in [0.1, 0.15) is 0 Å². The van der Waals surface area contributed by atoms with Crippen LogP contribution in [0.2, 0.25) is 0 Å². The molecule has 0 bridgehead atoms. The first-order valence-corrected chi connectivity index (χ1v) is 10.3. The average Bonchev–Trinajstić information content (AvgIpc) is 3.10. The number of piperazine rings is 1. The monoisotopic (exact) mass is 454 g/mol. The van der Waals surface area contributed by atoms with Crippen LogP contribution in [0.3, 0.4) is 0 Å². The molecule has 2 aromatic rings. The van der Waals surface area contributed by atoms with E-state index >= 15 is 0 Å². The lowest BCUT2D eigenvalue weighted by molar-refractivity contribution is 0.0622. The Morgan fingerprint density at radius 1 is 1.10 bits per heavy atom. The van der Waals surface area contributed by atoms with Crippen LogP contribution >= 0.6 is 24.8 Å². The average molecular weight is 455 g/mol. The van der Waals surface area contributed by atoms with Gasteiger partial charge in [0.15, 0.2) is 5.69 Å². The van der Waals surface area contributed by atoms with Crippen LogP contribution in [0, 0.1) is 13.8 Å². The molecule has 0 saturated carbocycles. The summed E-state index contributed by atoms with van der Waals surface area (Å²) in [6, 6.07) is 8.99. The fourth-order valence-electron chi connectivity index (χ4n) is 4.26. The molecule has 0 radical (unpaired) electrons. The number of hydrogen-bond donors (Lipinski definition) is 1. The van der Waals surface area contributed by atoms with Crippen LogP contribution in [0.25, 0.3) is 0 Å². The molecule has 1 N–H and O–H groups in total. The Bertz CT molecular complexity index is 829. The van der Waals surface area contributed by atoms with Gasteiger partial charge in [-0.05, 0) is 45.3 Å². The Balaban J connectivity index is 0.00000160. The standard InChI is InChI=1S/C21H30N6O.2ClH/c1-16-4-3-5-18(14-16)15-25-10-12-26(13-11-25)21(28)20-17(2)27(24-23-20)19-6-8-22-9-7-19;;/h3-5,14,19,22H,6-13,15H2,1-2H3;2*1H. The summed E-state index contributed by atoms with van der Waals surface area (Å²) in [5.41, 5.74) is 4.05. The molecule has 3 heterocycles. The van der Waals surface area contributed by atoms with Crippen LogP contribution in [0.1, 0.15) is 46.2 Å². The Morgan fingerprint density at radius 2 is 1.80 bits per heavy atom. The summed E-state index contributed by atoms with van der Waals surface area (Å²) in [6.07, 6.45) is 2.07. The first-order valence-electron chi connectivity index (χ1n) is 10.3. The van der Waals surface area contributed by atoms with Crippen LogP contribution < -0.4 is 5.32 Å². The lowest BCUT2D eigenvalue weighted by Crippen LogP contribution is -2.48. The highest BCUT2D eigenvalue weighted by Gasteiger charge is 2.28. The van der Waals surface area contributed by atoms with E-state index < -0.39 is 0 Å². The van der Waals surface area contributed by atoms with Crippen LogP contribution in [-0.4, -0.2) is 70.0 Å². The van der Waals surface area contributed by atoms with Crippen molar-refractivity contribution >= 4 is 30.7 Å². The van der Waals surface area contributed by atoms with Gasteiger partial charge in [-0.15, -0.1) is 29.9 Å². The Kier molecular flexibility index (Phi) is 9.09. The van der Waals surface area contributed by atoms with Crippen molar-refractivity contribution in [3.05, 3.63) is 46.8 Å². The van der Waals surface area contributed by atoms with Gasteiger partial charge < -0.3 is 10.2 Å². The summed E-state index contributed by atoms with van der Waals surface area (Å²) < 4.78 is 1.96. The Labute approximate surface area is 191 Å². The van der Waals surface area contributed by atoms with Gasteiger partial charge in [-0.25, -0.2) is 4.68 Å². The minimum absolute atomic E-state index is 0. The lowest BCUT2D eigenvalue weighted by Gasteiger charge is -2.34. The minimum atomic E-state index is 0. The van der Waals surface area contributed by atoms with Gasteiger partial charge >= 0.3 is 0 Å². The minimum Gasteiger partial charge on any atom is -0.335 e. The predicted octanol–water partition coefficient (Wildman–Crippen LogP) is 2.62. The fraction of sp³-hybridized carbons (Fsp3) is 0.571. The molecule has 0 spiro atoms. The topological polar surface area (TPSA) is 66.3 Å². The number of carbonyl (C=O) groups excluding carboxylic acids is 1. The van der Waals surface area contributed by atoms with Crippen LogP contribution in [-0.2, 0) is 6.54 Å². The van der Waals surface area contributed by atoms with E-state index in [-0.39, 0.29) is 30.7 Å². The second-order valence-corrected chi connectivity index (χ2v) is 8.01. The highest BCUT2D eigenvalue weighted by molar-refractivity contribution is 5.93. The number of nitrogens with zero attached hydrogens (tertiary/aromatic N) is 5. The third-order valence-electron chi connectivity index (χ3n) is 5.93. The molecule has 2 aliphatic rings. The van der Waals surface area contributed by atoms with E-state index in [1.165, 1.54) is 11.1 Å². The fourth-order valence-corrected chi connectivity index (χ4v) is 4.26. The van der Waals surface area contributed by atoms with Gasteiger partial charge in [-0.1, -0.05) is 35.0 Å². The third-order valence-corrected chi connectivity index (χ3v) is 5.93. The third kappa shape index (κ3) is 5.52. The number of carbonyl (C=O) groups is 1.